The van der Waals surface area contributed by atoms with Crippen molar-refractivity contribution in [1.29, 1.82) is 10.5 Å². The molecule has 0 spiro atoms. The summed E-state index contributed by atoms with van der Waals surface area (Å²) in [6.45, 7) is 0.534. The molecule has 0 saturated heterocycles. The number of ether oxygens (including phenoxy) is 1. The molecule has 0 aliphatic rings. The molecule has 0 saturated carbocycles. The normalized spacial score (nSPS) is 9.20. The van der Waals surface area contributed by atoms with Crippen LogP contribution in [0.1, 0.15) is 11.1 Å². The van der Waals surface area contributed by atoms with Crippen molar-refractivity contribution in [2.45, 2.75) is 13.2 Å². The lowest BCUT2D eigenvalue weighted by Crippen LogP contribution is -2.23. The minimum Gasteiger partial charge on any atom is -0.445 e. The van der Waals surface area contributed by atoms with Gasteiger partial charge >= 0.3 is 6.09 Å². The molecule has 0 fully saturated rings. The van der Waals surface area contributed by atoms with Crippen LogP contribution in [-0.4, -0.2) is 11.8 Å². The van der Waals surface area contributed by atoms with E-state index < -0.39 is 6.09 Å². The minimum atomic E-state index is -0.497. The summed E-state index contributed by atoms with van der Waals surface area (Å²) in [5, 5.41) is 23.5. The zero-order valence-electron chi connectivity index (χ0n) is 13.3. The van der Waals surface area contributed by atoms with Gasteiger partial charge < -0.3 is 10.1 Å². The predicted octanol–water partition coefficient (Wildman–Crippen LogP) is 2.93. The van der Waals surface area contributed by atoms with Gasteiger partial charge in [-0.2, -0.15) is 15.6 Å². The fourth-order valence-corrected chi connectivity index (χ4v) is 1.84. The molecule has 2 aromatic rings. The van der Waals surface area contributed by atoms with Crippen molar-refractivity contribution in [2.75, 3.05) is 5.43 Å². The first-order chi connectivity index (χ1) is 12.2. The van der Waals surface area contributed by atoms with Gasteiger partial charge in [0.05, 0.1) is 5.69 Å². The summed E-state index contributed by atoms with van der Waals surface area (Å²) in [5.41, 5.74) is 4.76. The Balaban J connectivity index is 1.77. The highest BCUT2D eigenvalue weighted by molar-refractivity contribution is 6.10. The predicted molar refractivity (Wildman–Crippen MR) is 92.2 cm³/mol. The van der Waals surface area contributed by atoms with Gasteiger partial charge in [0.25, 0.3) is 0 Å². The lowest BCUT2D eigenvalue weighted by atomic mass is 10.2. The van der Waals surface area contributed by atoms with E-state index in [0.29, 0.717) is 12.2 Å². The van der Waals surface area contributed by atoms with Crippen LogP contribution in [0.4, 0.5) is 10.5 Å². The molecule has 0 aromatic heterocycles. The largest absolute Gasteiger partial charge is 0.445 e. The van der Waals surface area contributed by atoms with E-state index in [4.69, 9.17) is 15.3 Å². The molecule has 1 amide bonds. The van der Waals surface area contributed by atoms with Gasteiger partial charge in [-0.15, -0.1) is 0 Å². The SMILES string of the molecule is N#CC(C#N)=NNc1ccc(CNC(=O)OCc2ccccc2)cc1. The van der Waals surface area contributed by atoms with E-state index in [2.05, 4.69) is 15.8 Å². The number of nitrogens with zero attached hydrogens (tertiary/aromatic N) is 3. The summed E-state index contributed by atoms with van der Waals surface area (Å²) in [4.78, 5) is 11.7. The minimum absolute atomic E-state index is 0.216. The molecule has 0 atom stereocenters. The van der Waals surface area contributed by atoms with Crippen LogP contribution in [0.5, 0.6) is 0 Å². The number of anilines is 1. The molecular formula is C18H15N5O2. The molecule has 2 aromatic carbocycles. The van der Waals surface area contributed by atoms with Crippen LogP contribution in [0.2, 0.25) is 0 Å². The van der Waals surface area contributed by atoms with E-state index in [-0.39, 0.29) is 12.3 Å². The zero-order valence-corrected chi connectivity index (χ0v) is 13.3. The van der Waals surface area contributed by atoms with Crippen LogP contribution in [-0.2, 0) is 17.9 Å². The molecule has 7 heteroatoms. The van der Waals surface area contributed by atoms with Gasteiger partial charge in [-0.1, -0.05) is 42.5 Å². The number of alkyl carbamates (subject to hydrolysis) is 1. The zero-order chi connectivity index (χ0) is 17.9. The third-order valence-electron chi connectivity index (χ3n) is 3.11. The summed E-state index contributed by atoms with van der Waals surface area (Å²) in [6, 6.07) is 19.8. The quantitative estimate of drug-likeness (QED) is 0.624. The summed E-state index contributed by atoms with van der Waals surface area (Å²) in [5.74, 6) is 0. The highest BCUT2D eigenvalue weighted by Crippen LogP contribution is 2.09. The second kappa shape index (κ2) is 9.33. The average molecular weight is 333 g/mol. The van der Waals surface area contributed by atoms with Gasteiger partial charge in [-0.25, -0.2) is 4.79 Å². The number of amides is 1. The van der Waals surface area contributed by atoms with E-state index in [9.17, 15) is 4.79 Å². The highest BCUT2D eigenvalue weighted by Gasteiger charge is 2.03. The van der Waals surface area contributed by atoms with Crippen LogP contribution in [0.25, 0.3) is 0 Å². The maximum absolute atomic E-state index is 11.7. The third-order valence-corrected chi connectivity index (χ3v) is 3.11. The van der Waals surface area contributed by atoms with E-state index in [1.165, 1.54) is 0 Å². The van der Waals surface area contributed by atoms with Crippen LogP contribution in [0, 0.1) is 22.7 Å². The Kier molecular flexibility index (Phi) is 6.54. The van der Waals surface area contributed by atoms with Crippen molar-refractivity contribution in [1.82, 2.24) is 5.32 Å². The van der Waals surface area contributed by atoms with E-state index in [1.807, 2.05) is 30.3 Å². The average Bonchev–Trinajstić information content (AvgIpc) is 2.67. The van der Waals surface area contributed by atoms with Crippen molar-refractivity contribution >= 4 is 17.5 Å². The first kappa shape index (κ1) is 17.5. The van der Waals surface area contributed by atoms with Crippen LogP contribution in [0.3, 0.4) is 0 Å². The first-order valence-electron chi connectivity index (χ1n) is 7.38. The Morgan fingerprint density at radius 2 is 1.68 bits per heavy atom. The van der Waals surface area contributed by atoms with Crippen molar-refractivity contribution in [3.63, 3.8) is 0 Å². The smallest absolute Gasteiger partial charge is 0.407 e. The highest BCUT2D eigenvalue weighted by atomic mass is 16.5. The van der Waals surface area contributed by atoms with Crippen molar-refractivity contribution in [2.24, 2.45) is 5.10 Å². The van der Waals surface area contributed by atoms with Gasteiger partial charge in [-0.3, -0.25) is 5.43 Å². The fourth-order valence-electron chi connectivity index (χ4n) is 1.84. The maximum Gasteiger partial charge on any atom is 0.407 e. The number of nitrogens with one attached hydrogen (secondary N) is 2. The van der Waals surface area contributed by atoms with Crippen LogP contribution in [0.15, 0.2) is 59.7 Å². The molecule has 0 radical (unpaired) electrons. The molecule has 0 bridgehead atoms. The molecule has 2 N–H and O–H groups in total. The number of hydrogen-bond acceptors (Lipinski definition) is 6. The monoisotopic (exact) mass is 333 g/mol. The number of carbonyl (C=O) groups excluding carboxylic acids is 1. The first-order valence-corrected chi connectivity index (χ1v) is 7.38. The van der Waals surface area contributed by atoms with E-state index in [0.717, 1.165) is 11.1 Å². The number of rotatable bonds is 6. The molecule has 0 unspecified atom stereocenters. The van der Waals surface area contributed by atoms with Crippen molar-refractivity contribution < 1.29 is 9.53 Å². The van der Waals surface area contributed by atoms with Gasteiger partial charge in [0, 0.05) is 6.54 Å². The summed E-state index contributed by atoms with van der Waals surface area (Å²) < 4.78 is 5.12. The number of carbonyl (C=O) groups is 1. The lowest BCUT2D eigenvalue weighted by Gasteiger charge is -2.08. The molecule has 25 heavy (non-hydrogen) atoms. The molecule has 7 nitrogen and oxygen atoms in total. The van der Waals surface area contributed by atoms with Gasteiger partial charge in [0.15, 0.2) is 0 Å². The third kappa shape index (κ3) is 6.05. The second-order valence-electron chi connectivity index (χ2n) is 4.91. The van der Waals surface area contributed by atoms with E-state index in [1.54, 1.807) is 36.4 Å². The Labute approximate surface area is 145 Å². The molecular weight excluding hydrogens is 318 g/mol. The molecule has 0 aliphatic heterocycles. The summed E-state index contributed by atoms with van der Waals surface area (Å²) >= 11 is 0. The van der Waals surface area contributed by atoms with Gasteiger partial charge in [-0.05, 0) is 23.3 Å². The summed E-state index contributed by atoms with van der Waals surface area (Å²) in [6.07, 6.45) is -0.497. The van der Waals surface area contributed by atoms with Crippen molar-refractivity contribution in [3.05, 3.63) is 65.7 Å². The lowest BCUT2D eigenvalue weighted by molar-refractivity contribution is 0.139. The van der Waals surface area contributed by atoms with Crippen LogP contribution < -0.4 is 10.7 Å². The molecule has 0 aliphatic carbocycles. The number of benzene rings is 2. The van der Waals surface area contributed by atoms with Crippen LogP contribution >= 0.6 is 0 Å². The second-order valence-corrected chi connectivity index (χ2v) is 4.91. The Hall–Kier alpha value is -3.84. The Morgan fingerprint density at radius 1 is 1.00 bits per heavy atom. The topological polar surface area (TPSA) is 110 Å². The van der Waals surface area contributed by atoms with Gasteiger partial charge in [0.1, 0.15) is 18.7 Å². The number of hydrazone groups is 1. The summed E-state index contributed by atoms with van der Waals surface area (Å²) in [7, 11) is 0. The van der Waals surface area contributed by atoms with Crippen molar-refractivity contribution in [3.8, 4) is 12.1 Å². The Bertz CT molecular complexity index is 801. The molecule has 0 heterocycles. The fraction of sp³-hybridized carbons (Fsp3) is 0.111. The Morgan fingerprint density at radius 3 is 2.32 bits per heavy atom. The van der Waals surface area contributed by atoms with E-state index >= 15 is 0 Å². The molecule has 2 rings (SSSR count). The number of hydrogen-bond donors (Lipinski definition) is 2. The molecule has 124 valence electrons. The maximum atomic E-state index is 11.7. The number of nitriles is 2. The van der Waals surface area contributed by atoms with Gasteiger partial charge in [0.2, 0.25) is 5.71 Å². The standard InChI is InChI=1S/C18H15N5O2/c19-10-17(11-20)23-22-16-8-6-14(7-9-16)12-21-18(24)25-13-15-4-2-1-3-5-15/h1-9,22H,12-13H2,(H,21,24).